The Kier molecular flexibility index (Phi) is 5.92. The van der Waals surface area contributed by atoms with Crippen LogP contribution in [-0.4, -0.2) is 41.1 Å². The Morgan fingerprint density at radius 3 is 2.65 bits per heavy atom. The first kappa shape index (κ1) is 15.9. The number of methoxy groups -OCH3 is 1. The number of pyridine rings is 1. The summed E-state index contributed by atoms with van der Waals surface area (Å²) in [6, 6.07) is 1.64. The molecule has 0 saturated heterocycles. The van der Waals surface area contributed by atoms with Gasteiger partial charge in [-0.15, -0.1) is 0 Å². The van der Waals surface area contributed by atoms with E-state index in [-0.39, 0.29) is 18.5 Å². The number of rotatable bonds is 6. The molecular formula is C12H13ClN2O5. The highest BCUT2D eigenvalue weighted by molar-refractivity contribution is 6.30. The minimum absolute atomic E-state index is 0.0405. The van der Waals surface area contributed by atoms with Gasteiger partial charge in [0.05, 0.1) is 12.1 Å². The molecular weight excluding hydrogens is 288 g/mol. The van der Waals surface area contributed by atoms with Gasteiger partial charge in [-0.25, -0.2) is 9.78 Å². The Labute approximate surface area is 119 Å². The Balaban J connectivity index is 2.65. The lowest BCUT2D eigenvalue weighted by Gasteiger charge is -2.13. The second-order valence-electron chi connectivity index (χ2n) is 3.84. The number of hydrogen-bond donors (Lipinski definition) is 2. The van der Waals surface area contributed by atoms with Crippen LogP contribution in [0.25, 0.3) is 0 Å². The zero-order valence-corrected chi connectivity index (χ0v) is 11.4. The molecule has 0 saturated carbocycles. The number of carbonyl (C=O) groups is 3. The van der Waals surface area contributed by atoms with Crippen LogP contribution in [-0.2, 0) is 14.3 Å². The largest absolute Gasteiger partial charge is 0.480 e. The predicted molar refractivity (Wildman–Crippen MR) is 69.4 cm³/mol. The van der Waals surface area contributed by atoms with Gasteiger partial charge in [0.2, 0.25) is 0 Å². The van der Waals surface area contributed by atoms with Crippen molar-refractivity contribution in [3.05, 3.63) is 29.0 Å². The van der Waals surface area contributed by atoms with E-state index in [1.54, 1.807) is 0 Å². The highest BCUT2D eigenvalue weighted by Gasteiger charge is 2.22. The molecule has 8 heteroatoms. The number of nitrogens with one attached hydrogen (secondary N) is 1. The number of esters is 1. The zero-order chi connectivity index (χ0) is 15.1. The van der Waals surface area contributed by atoms with Gasteiger partial charge in [-0.05, 0) is 18.6 Å². The summed E-state index contributed by atoms with van der Waals surface area (Å²) in [5.74, 6) is -2.44. The van der Waals surface area contributed by atoms with Gasteiger partial charge < -0.3 is 15.2 Å². The van der Waals surface area contributed by atoms with Gasteiger partial charge in [0.15, 0.2) is 0 Å². The van der Waals surface area contributed by atoms with Crippen LogP contribution >= 0.6 is 11.6 Å². The second-order valence-corrected chi connectivity index (χ2v) is 4.28. The fraction of sp³-hybridized carbons (Fsp3) is 0.333. The van der Waals surface area contributed by atoms with E-state index in [4.69, 9.17) is 16.7 Å². The van der Waals surface area contributed by atoms with Gasteiger partial charge in [0.1, 0.15) is 11.7 Å². The molecule has 1 heterocycles. The molecule has 0 radical (unpaired) electrons. The number of aromatic nitrogens is 1. The third-order valence-corrected chi connectivity index (χ3v) is 2.65. The van der Waals surface area contributed by atoms with E-state index >= 15 is 0 Å². The molecule has 1 rings (SSSR count). The molecule has 0 aliphatic carbocycles. The summed E-state index contributed by atoms with van der Waals surface area (Å²) in [5.41, 5.74) is 0.0405. The summed E-state index contributed by atoms with van der Waals surface area (Å²) < 4.78 is 4.41. The molecule has 1 aromatic heterocycles. The number of carbonyl (C=O) groups excluding carboxylic acids is 2. The van der Waals surface area contributed by atoms with Crippen molar-refractivity contribution in [2.24, 2.45) is 0 Å². The maximum atomic E-state index is 11.8. The van der Waals surface area contributed by atoms with Crippen molar-refractivity contribution >= 4 is 29.4 Å². The highest BCUT2D eigenvalue weighted by atomic mass is 35.5. The van der Waals surface area contributed by atoms with Crippen LogP contribution < -0.4 is 5.32 Å². The van der Waals surface area contributed by atoms with E-state index in [1.165, 1.54) is 25.4 Å². The number of amides is 1. The van der Waals surface area contributed by atoms with E-state index in [2.05, 4.69) is 15.0 Å². The normalized spacial score (nSPS) is 11.5. The average Bonchev–Trinajstić information content (AvgIpc) is 2.43. The molecule has 7 nitrogen and oxygen atoms in total. The minimum Gasteiger partial charge on any atom is -0.480 e. The summed E-state index contributed by atoms with van der Waals surface area (Å²) in [4.78, 5) is 37.6. The van der Waals surface area contributed by atoms with Gasteiger partial charge in [-0.3, -0.25) is 9.59 Å². The van der Waals surface area contributed by atoms with E-state index in [1.807, 2.05) is 0 Å². The first-order chi connectivity index (χ1) is 9.43. The van der Waals surface area contributed by atoms with E-state index < -0.39 is 23.9 Å². The van der Waals surface area contributed by atoms with Crippen molar-refractivity contribution in [2.75, 3.05) is 7.11 Å². The van der Waals surface area contributed by atoms with E-state index in [0.29, 0.717) is 5.02 Å². The average molecular weight is 301 g/mol. The summed E-state index contributed by atoms with van der Waals surface area (Å²) >= 11 is 5.63. The van der Waals surface area contributed by atoms with Crippen molar-refractivity contribution in [3.63, 3.8) is 0 Å². The molecule has 0 aliphatic heterocycles. The topological polar surface area (TPSA) is 106 Å². The fourth-order valence-corrected chi connectivity index (χ4v) is 1.48. The number of carboxylic acids is 1. The molecule has 0 bridgehead atoms. The molecule has 108 valence electrons. The number of ether oxygens (including phenoxy) is 1. The van der Waals surface area contributed by atoms with Crippen molar-refractivity contribution < 1.29 is 24.2 Å². The van der Waals surface area contributed by atoms with Gasteiger partial charge in [0, 0.05) is 12.6 Å². The highest BCUT2D eigenvalue weighted by Crippen LogP contribution is 2.07. The molecule has 0 unspecified atom stereocenters. The monoisotopic (exact) mass is 300 g/mol. The lowest BCUT2D eigenvalue weighted by Crippen LogP contribution is -2.41. The van der Waals surface area contributed by atoms with Gasteiger partial charge >= 0.3 is 11.9 Å². The van der Waals surface area contributed by atoms with Crippen LogP contribution in [0.2, 0.25) is 5.02 Å². The zero-order valence-electron chi connectivity index (χ0n) is 10.6. The third kappa shape index (κ3) is 4.85. The molecule has 1 atom stereocenters. The summed E-state index contributed by atoms with van der Waals surface area (Å²) in [6.07, 6.45) is 1.10. The van der Waals surface area contributed by atoms with Gasteiger partial charge in [0.25, 0.3) is 5.91 Å². The minimum atomic E-state index is -1.24. The van der Waals surface area contributed by atoms with E-state index in [9.17, 15) is 14.4 Å². The first-order valence-electron chi connectivity index (χ1n) is 5.66. The van der Waals surface area contributed by atoms with Crippen LogP contribution in [0.1, 0.15) is 23.3 Å². The van der Waals surface area contributed by atoms with Gasteiger partial charge in [-0.2, -0.15) is 0 Å². The van der Waals surface area contributed by atoms with Crippen LogP contribution in [0.5, 0.6) is 0 Å². The fourth-order valence-electron chi connectivity index (χ4n) is 1.36. The molecule has 0 aromatic carbocycles. The SMILES string of the molecule is COC(=O)CC[C@@H](NC(=O)c1ccc(Cl)cn1)C(=O)O. The Hall–Kier alpha value is -2.15. The number of nitrogens with zero attached hydrogens (tertiary/aromatic N) is 1. The molecule has 1 amide bonds. The number of hydrogen-bond acceptors (Lipinski definition) is 5. The lowest BCUT2D eigenvalue weighted by atomic mass is 10.1. The predicted octanol–water partition coefficient (Wildman–Crippen LogP) is 0.871. The quantitative estimate of drug-likeness (QED) is 0.755. The van der Waals surface area contributed by atoms with Gasteiger partial charge in [-0.1, -0.05) is 11.6 Å². The summed E-state index contributed by atoms with van der Waals surface area (Å²) in [6.45, 7) is 0. The summed E-state index contributed by atoms with van der Waals surface area (Å²) in [7, 11) is 1.20. The van der Waals surface area contributed by atoms with Crippen molar-refractivity contribution in [1.29, 1.82) is 0 Å². The lowest BCUT2D eigenvalue weighted by molar-refractivity contribution is -0.142. The molecule has 2 N–H and O–H groups in total. The van der Waals surface area contributed by atoms with Crippen LogP contribution in [0.4, 0.5) is 0 Å². The first-order valence-corrected chi connectivity index (χ1v) is 6.04. The Morgan fingerprint density at radius 1 is 1.45 bits per heavy atom. The Morgan fingerprint density at radius 2 is 2.15 bits per heavy atom. The second kappa shape index (κ2) is 7.44. The van der Waals surface area contributed by atoms with Crippen LogP contribution in [0.3, 0.4) is 0 Å². The number of halogens is 1. The van der Waals surface area contributed by atoms with Crippen molar-refractivity contribution in [3.8, 4) is 0 Å². The Bertz CT molecular complexity index is 503. The smallest absolute Gasteiger partial charge is 0.326 e. The molecule has 0 aliphatic rings. The molecule has 0 spiro atoms. The van der Waals surface area contributed by atoms with Crippen molar-refractivity contribution in [2.45, 2.75) is 18.9 Å². The van der Waals surface area contributed by atoms with Crippen LogP contribution in [0, 0.1) is 0 Å². The maximum absolute atomic E-state index is 11.8. The molecule has 0 fully saturated rings. The summed E-state index contributed by atoms with van der Waals surface area (Å²) in [5, 5.41) is 11.6. The van der Waals surface area contributed by atoms with E-state index in [0.717, 1.165) is 0 Å². The van der Waals surface area contributed by atoms with Crippen molar-refractivity contribution in [1.82, 2.24) is 10.3 Å². The number of aliphatic carboxylic acids is 1. The maximum Gasteiger partial charge on any atom is 0.326 e. The molecule has 1 aromatic rings. The number of carboxylic acid groups (broad SMARTS) is 1. The molecule has 20 heavy (non-hydrogen) atoms. The third-order valence-electron chi connectivity index (χ3n) is 2.43. The van der Waals surface area contributed by atoms with Crippen LogP contribution in [0.15, 0.2) is 18.3 Å². The standard InChI is InChI=1S/C12H13ClN2O5/c1-20-10(16)5-4-9(12(18)19)15-11(17)8-3-2-7(13)6-14-8/h2-3,6,9H,4-5H2,1H3,(H,15,17)(H,18,19)/t9-/m1/s1.